The Balaban J connectivity index is 2.49. The van der Waals surface area contributed by atoms with E-state index in [9.17, 15) is 19.7 Å². The van der Waals surface area contributed by atoms with E-state index in [1.165, 1.54) is 24.3 Å². The number of nitro benzene ring substituents is 1. The van der Waals surface area contributed by atoms with E-state index in [1.807, 2.05) is 19.0 Å². The van der Waals surface area contributed by atoms with Gasteiger partial charge in [-0.25, -0.2) is 4.79 Å². The Morgan fingerprint density at radius 2 is 1.85 bits per heavy atom. The summed E-state index contributed by atoms with van der Waals surface area (Å²) in [6, 6.07) is 4.40. The molecular formula is C12H16N4O4. The van der Waals surface area contributed by atoms with Gasteiger partial charge in [-0.1, -0.05) is 0 Å². The minimum atomic E-state index is -0.609. The van der Waals surface area contributed by atoms with Crippen LogP contribution >= 0.6 is 0 Å². The lowest BCUT2D eigenvalue weighted by atomic mass is 10.2. The van der Waals surface area contributed by atoms with E-state index in [-0.39, 0.29) is 11.3 Å². The fourth-order valence-electron chi connectivity index (χ4n) is 1.35. The topological polar surface area (TPSA) is 105 Å². The minimum Gasteiger partial charge on any atom is -0.337 e. The van der Waals surface area contributed by atoms with E-state index in [4.69, 9.17) is 0 Å². The molecule has 0 aliphatic carbocycles. The predicted octanol–water partition coefficient (Wildman–Crippen LogP) is 0.596. The van der Waals surface area contributed by atoms with Crippen molar-refractivity contribution in [3.8, 4) is 0 Å². The molecule has 0 saturated heterocycles. The molecule has 108 valence electrons. The second-order valence-electron chi connectivity index (χ2n) is 4.32. The number of rotatable bonds is 5. The highest BCUT2D eigenvalue weighted by atomic mass is 16.6. The number of hydrogen-bond acceptors (Lipinski definition) is 5. The van der Waals surface area contributed by atoms with Gasteiger partial charge >= 0.3 is 6.03 Å². The van der Waals surface area contributed by atoms with Crippen LogP contribution < -0.4 is 10.6 Å². The van der Waals surface area contributed by atoms with Gasteiger partial charge in [-0.2, -0.15) is 0 Å². The van der Waals surface area contributed by atoms with Gasteiger partial charge in [-0.05, 0) is 26.2 Å². The maximum Gasteiger partial charge on any atom is 0.321 e. The van der Waals surface area contributed by atoms with Crippen LogP contribution in [-0.2, 0) is 0 Å². The molecule has 0 atom stereocenters. The Kier molecular flexibility index (Phi) is 5.60. The number of carbonyl (C=O) groups excluding carboxylic acids is 2. The summed E-state index contributed by atoms with van der Waals surface area (Å²) in [6.45, 7) is 1.06. The van der Waals surface area contributed by atoms with Crippen LogP contribution in [-0.4, -0.2) is 48.9 Å². The molecule has 2 N–H and O–H groups in total. The SMILES string of the molecule is CN(C)CCNC(=O)NC(=O)c1ccc([N+](=O)[O-])cc1. The number of likely N-dealkylation sites (N-methyl/N-ethyl adjacent to an activating group) is 1. The number of benzene rings is 1. The van der Waals surface area contributed by atoms with Gasteiger partial charge in [0.15, 0.2) is 0 Å². The molecule has 0 heterocycles. The Labute approximate surface area is 115 Å². The van der Waals surface area contributed by atoms with E-state index in [2.05, 4.69) is 10.6 Å². The third-order valence-corrected chi connectivity index (χ3v) is 2.41. The second-order valence-corrected chi connectivity index (χ2v) is 4.32. The van der Waals surface area contributed by atoms with Crippen molar-refractivity contribution in [3.63, 3.8) is 0 Å². The highest BCUT2D eigenvalue weighted by Crippen LogP contribution is 2.11. The summed E-state index contributed by atoms with van der Waals surface area (Å²) in [6.07, 6.45) is 0. The number of nitro groups is 1. The lowest BCUT2D eigenvalue weighted by Gasteiger charge is -2.10. The fraction of sp³-hybridized carbons (Fsp3) is 0.333. The zero-order valence-corrected chi connectivity index (χ0v) is 11.3. The van der Waals surface area contributed by atoms with Gasteiger partial charge in [0.1, 0.15) is 0 Å². The van der Waals surface area contributed by atoms with Crippen LogP contribution in [0.5, 0.6) is 0 Å². The number of hydrogen-bond donors (Lipinski definition) is 2. The van der Waals surface area contributed by atoms with Gasteiger partial charge in [-0.3, -0.25) is 20.2 Å². The van der Waals surface area contributed by atoms with Gasteiger partial charge in [0.2, 0.25) is 0 Å². The Bertz CT molecular complexity index is 499. The molecule has 0 bridgehead atoms. The smallest absolute Gasteiger partial charge is 0.321 e. The molecule has 20 heavy (non-hydrogen) atoms. The van der Waals surface area contributed by atoms with Crippen molar-refractivity contribution in [1.29, 1.82) is 0 Å². The summed E-state index contributed by atoms with van der Waals surface area (Å²) in [5, 5.41) is 15.1. The highest BCUT2D eigenvalue weighted by Gasteiger charge is 2.11. The van der Waals surface area contributed by atoms with Crippen LogP contribution in [0.4, 0.5) is 10.5 Å². The van der Waals surface area contributed by atoms with Crippen LogP contribution in [0.3, 0.4) is 0 Å². The molecule has 1 aromatic rings. The molecule has 8 nitrogen and oxygen atoms in total. The molecule has 0 saturated carbocycles. The summed E-state index contributed by atoms with van der Waals surface area (Å²) in [5.41, 5.74) is 0.0651. The predicted molar refractivity (Wildman–Crippen MR) is 72.5 cm³/mol. The molecule has 0 aliphatic rings. The highest BCUT2D eigenvalue weighted by molar-refractivity contribution is 6.04. The van der Waals surface area contributed by atoms with Gasteiger partial charge in [0.05, 0.1) is 4.92 Å². The Morgan fingerprint density at radius 1 is 1.25 bits per heavy atom. The Hall–Kier alpha value is -2.48. The van der Waals surface area contributed by atoms with Gasteiger partial charge < -0.3 is 10.2 Å². The number of nitrogens with one attached hydrogen (secondary N) is 2. The van der Waals surface area contributed by atoms with Crippen LogP contribution in [0, 0.1) is 10.1 Å². The van der Waals surface area contributed by atoms with Crippen molar-refractivity contribution in [3.05, 3.63) is 39.9 Å². The number of urea groups is 1. The molecule has 0 spiro atoms. The summed E-state index contributed by atoms with van der Waals surface area (Å²) in [4.78, 5) is 34.9. The second kappa shape index (κ2) is 7.19. The van der Waals surface area contributed by atoms with E-state index in [0.29, 0.717) is 13.1 Å². The lowest BCUT2D eigenvalue weighted by molar-refractivity contribution is -0.384. The number of carbonyl (C=O) groups is 2. The summed E-state index contributed by atoms with van der Waals surface area (Å²) >= 11 is 0. The van der Waals surface area contributed by atoms with Crippen LogP contribution in [0.2, 0.25) is 0 Å². The van der Waals surface area contributed by atoms with Crippen molar-refractivity contribution in [2.24, 2.45) is 0 Å². The molecule has 0 aromatic heterocycles. The quantitative estimate of drug-likeness (QED) is 0.607. The van der Waals surface area contributed by atoms with Gasteiger partial charge in [-0.15, -0.1) is 0 Å². The normalized spacial score (nSPS) is 10.2. The molecule has 0 fully saturated rings. The van der Waals surface area contributed by atoms with Gasteiger partial charge in [0.25, 0.3) is 11.6 Å². The summed E-state index contributed by atoms with van der Waals surface area (Å²) in [5.74, 6) is -0.609. The molecule has 0 aliphatic heterocycles. The third-order valence-electron chi connectivity index (χ3n) is 2.41. The van der Waals surface area contributed by atoms with E-state index in [1.54, 1.807) is 0 Å². The summed E-state index contributed by atoms with van der Waals surface area (Å²) in [7, 11) is 3.73. The van der Waals surface area contributed by atoms with Crippen LogP contribution in [0.1, 0.15) is 10.4 Å². The first-order valence-corrected chi connectivity index (χ1v) is 5.88. The summed E-state index contributed by atoms with van der Waals surface area (Å²) < 4.78 is 0. The molecule has 1 rings (SSSR count). The van der Waals surface area contributed by atoms with Crippen molar-refractivity contribution >= 4 is 17.6 Å². The first kappa shape index (κ1) is 15.6. The molecule has 0 unspecified atom stereocenters. The minimum absolute atomic E-state index is 0.114. The van der Waals surface area contributed by atoms with Crippen molar-refractivity contribution in [2.45, 2.75) is 0 Å². The first-order chi connectivity index (χ1) is 9.40. The largest absolute Gasteiger partial charge is 0.337 e. The monoisotopic (exact) mass is 280 g/mol. The molecular weight excluding hydrogens is 264 g/mol. The van der Waals surface area contributed by atoms with E-state index >= 15 is 0 Å². The number of amides is 3. The maximum absolute atomic E-state index is 11.7. The van der Waals surface area contributed by atoms with E-state index in [0.717, 1.165) is 0 Å². The molecule has 0 radical (unpaired) electrons. The van der Waals surface area contributed by atoms with Crippen LogP contribution in [0.25, 0.3) is 0 Å². The Morgan fingerprint density at radius 3 is 2.35 bits per heavy atom. The van der Waals surface area contributed by atoms with Crippen LogP contribution in [0.15, 0.2) is 24.3 Å². The average Bonchev–Trinajstić information content (AvgIpc) is 2.38. The number of non-ortho nitro benzene ring substituents is 1. The number of imide groups is 1. The first-order valence-electron chi connectivity index (χ1n) is 5.88. The van der Waals surface area contributed by atoms with Crippen molar-refractivity contribution in [1.82, 2.24) is 15.5 Å². The third kappa shape index (κ3) is 5.02. The molecule has 3 amide bonds. The van der Waals surface area contributed by atoms with Gasteiger partial charge in [0, 0.05) is 30.8 Å². The lowest BCUT2D eigenvalue weighted by Crippen LogP contribution is -2.41. The average molecular weight is 280 g/mol. The van der Waals surface area contributed by atoms with Crippen molar-refractivity contribution in [2.75, 3.05) is 27.2 Å². The van der Waals surface area contributed by atoms with Crippen molar-refractivity contribution < 1.29 is 14.5 Å². The zero-order valence-electron chi connectivity index (χ0n) is 11.3. The standard InChI is InChI=1S/C12H16N4O4/c1-15(2)8-7-13-12(18)14-11(17)9-3-5-10(6-4-9)16(19)20/h3-6H,7-8H2,1-2H3,(H2,13,14,17,18). The number of nitrogens with zero attached hydrogens (tertiary/aromatic N) is 2. The maximum atomic E-state index is 11.7. The zero-order chi connectivity index (χ0) is 15.1. The fourth-order valence-corrected chi connectivity index (χ4v) is 1.35. The van der Waals surface area contributed by atoms with E-state index < -0.39 is 16.9 Å². The molecule has 8 heteroatoms. The molecule has 1 aromatic carbocycles.